The van der Waals surface area contributed by atoms with Crippen LogP contribution in [0.5, 0.6) is 5.75 Å². The van der Waals surface area contributed by atoms with E-state index in [1.165, 1.54) is 4.88 Å². The van der Waals surface area contributed by atoms with E-state index in [0.717, 1.165) is 33.4 Å². The minimum Gasteiger partial charge on any atom is -0.494 e. The third-order valence-electron chi connectivity index (χ3n) is 3.92. The number of hydrogen-bond acceptors (Lipinski definition) is 5. The van der Waals surface area contributed by atoms with E-state index in [4.69, 9.17) is 9.72 Å². The molecule has 4 aromatic rings. The summed E-state index contributed by atoms with van der Waals surface area (Å²) in [5, 5.41) is 13.5. The van der Waals surface area contributed by atoms with Crippen LogP contribution in [0.25, 0.3) is 26.8 Å². The normalized spacial score (nSPS) is 10.9. The Kier molecular flexibility index (Phi) is 4.26. The van der Waals surface area contributed by atoms with Gasteiger partial charge < -0.3 is 4.74 Å². The van der Waals surface area contributed by atoms with Crippen LogP contribution in [0, 0.1) is 11.3 Å². The van der Waals surface area contributed by atoms with Gasteiger partial charge in [-0.1, -0.05) is 6.07 Å². The summed E-state index contributed by atoms with van der Waals surface area (Å²) in [6.45, 7) is 2.61. The minimum absolute atomic E-state index is 0.318. The van der Waals surface area contributed by atoms with Crippen molar-refractivity contribution in [2.24, 2.45) is 0 Å². The summed E-state index contributed by atoms with van der Waals surface area (Å²) in [7, 11) is 0. The zero-order chi connectivity index (χ0) is 17.2. The van der Waals surface area contributed by atoms with Crippen molar-refractivity contribution in [3.8, 4) is 33.6 Å². The van der Waals surface area contributed by atoms with Gasteiger partial charge in [-0.2, -0.15) is 5.26 Å². The molecule has 0 aliphatic carbocycles. The molecule has 0 spiro atoms. The Balaban J connectivity index is 1.87. The molecule has 0 fully saturated rings. The molecule has 0 N–H and O–H groups in total. The van der Waals surface area contributed by atoms with Crippen molar-refractivity contribution in [2.75, 3.05) is 6.61 Å². The number of thiophene rings is 1. The summed E-state index contributed by atoms with van der Waals surface area (Å²) in [5.41, 5.74) is 3.91. The number of aromatic nitrogens is 2. The second-order valence-corrected chi connectivity index (χ2v) is 7.20. The van der Waals surface area contributed by atoms with Gasteiger partial charge in [0.15, 0.2) is 4.96 Å². The smallest absolute Gasteiger partial charge is 0.195 e. The highest BCUT2D eigenvalue weighted by molar-refractivity contribution is 7.17. The van der Waals surface area contributed by atoms with E-state index >= 15 is 0 Å². The van der Waals surface area contributed by atoms with Crippen LogP contribution in [-0.2, 0) is 6.42 Å². The van der Waals surface area contributed by atoms with Gasteiger partial charge >= 0.3 is 0 Å². The molecule has 3 heterocycles. The van der Waals surface area contributed by atoms with Crippen molar-refractivity contribution in [1.82, 2.24) is 9.38 Å². The van der Waals surface area contributed by atoms with Crippen LogP contribution in [0.4, 0.5) is 0 Å². The molecule has 124 valence electrons. The first-order chi connectivity index (χ1) is 12.3. The number of ether oxygens (including phenoxy) is 1. The molecule has 0 radical (unpaired) electrons. The predicted octanol–water partition coefficient (Wildman–Crippen LogP) is 5.26. The molecule has 4 nitrogen and oxygen atoms in total. The molecule has 0 aliphatic rings. The van der Waals surface area contributed by atoms with Gasteiger partial charge in [0.05, 0.1) is 41.1 Å². The van der Waals surface area contributed by atoms with Crippen LogP contribution in [0.15, 0.2) is 47.2 Å². The van der Waals surface area contributed by atoms with E-state index in [9.17, 15) is 5.26 Å². The standard InChI is InChI=1S/C19H15N3OS2/c1-2-23-14-7-5-13(6-8-14)18-15(9-10-20)22-16(12-25-19(22)21-18)17-4-3-11-24-17/h3-8,11-12H,2,9H2,1H3. The Morgan fingerprint density at radius 3 is 2.72 bits per heavy atom. The molecule has 0 saturated heterocycles. The predicted molar refractivity (Wildman–Crippen MR) is 102 cm³/mol. The molecule has 3 aromatic heterocycles. The minimum atomic E-state index is 0.318. The van der Waals surface area contributed by atoms with E-state index in [1.807, 2.05) is 37.3 Å². The Morgan fingerprint density at radius 1 is 1.20 bits per heavy atom. The lowest BCUT2D eigenvalue weighted by atomic mass is 10.1. The largest absolute Gasteiger partial charge is 0.494 e. The van der Waals surface area contributed by atoms with Crippen molar-refractivity contribution in [3.05, 3.63) is 52.9 Å². The van der Waals surface area contributed by atoms with Gasteiger partial charge in [-0.05, 0) is 42.6 Å². The number of rotatable bonds is 5. The van der Waals surface area contributed by atoms with Gasteiger partial charge in [-0.15, -0.1) is 22.7 Å². The average molecular weight is 365 g/mol. The highest BCUT2D eigenvalue weighted by Gasteiger charge is 2.19. The fourth-order valence-corrected chi connectivity index (χ4v) is 4.57. The molecular weight excluding hydrogens is 350 g/mol. The van der Waals surface area contributed by atoms with E-state index < -0.39 is 0 Å². The lowest BCUT2D eigenvalue weighted by Crippen LogP contribution is -1.95. The molecule has 0 saturated carbocycles. The number of hydrogen-bond donors (Lipinski definition) is 0. The first-order valence-corrected chi connectivity index (χ1v) is 9.70. The summed E-state index contributed by atoms with van der Waals surface area (Å²) >= 11 is 3.30. The summed E-state index contributed by atoms with van der Waals surface area (Å²) < 4.78 is 7.63. The summed E-state index contributed by atoms with van der Waals surface area (Å²) in [6.07, 6.45) is 0.318. The quantitative estimate of drug-likeness (QED) is 0.485. The zero-order valence-corrected chi connectivity index (χ0v) is 15.2. The topological polar surface area (TPSA) is 50.3 Å². The van der Waals surface area contributed by atoms with Gasteiger partial charge in [-0.3, -0.25) is 4.40 Å². The molecule has 1 aromatic carbocycles. The fraction of sp³-hybridized carbons (Fsp3) is 0.158. The maximum atomic E-state index is 9.34. The highest BCUT2D eigenvalue weighted by atomic mass is 32.1. The van der Waals surface area contributed by atoms with E-state index in [1.54, 1.807) is 22.7 Å². The molecule has 25 heavy (non-hydrogen) atoms. The SMILES string of the molecule is CCOc1ccc(-c2nc3scc(-c4cccs4)n3c2CC#N)cc1. The number of imidazole rings is 1. The molecule has 0 amide bonds. The third-order valence-corrected chi connectivity index (χ3v) is 5.64. The molecule has 0 bridgehead atoms. The molecule has 0 atom stereocenters. The number of nitrogens with zero attached hydrogens (tertiary/aromatic N) is 3. The summed E-state index contributed by atoms with van der Waals surface area (Å²) in [6, 6.07) is 14.3. The molecule has 0 aliphatic heterocycles. The van der Waals surface area contributed by atoms with Crippen molar-refractivity contribution in [3.63, 3.8) is 0 Å². The Morgan fingerprint density at radius 2 is 2.04 bits per heavy atom. The van der Waals surface area contributed by atoms with Gasteiger partial charge in [0.25, 0.3) is 0 Å². The third kappa shape index (κ3) is 2.82. The maximum absolute atomic E-state index is 9.34. The van der Waals surface area contributed by atoms with Crippen molar-refractivity contribution in [1.29, 1.82) is 5.26 Å². The molecule has 6 heteroatoms. The molecule has 0 unspecified atom stereocenters. The van der Waals surface area contributed by atoms with Crippen molar-refractivity contribution >= 4 is 27.6 Å². The summed E-state index contributed by atoms with van der Waals surface area (Å²) in [4.78, 5) is 6.90. The monoisotopic (exact) mass is 365 g/mol. The van der Waals surface area contributed by atoms with Crippen LogP contribution in [-0.4, -0.2) is 16.0 Å². The van der Waals surface area contributed by atoms with Crippen molar-refractivity contribution < 1.29 is 4.74 Å². The number of benzene rings is 1. The van der Waals surface area contributed by atoms with E-state index in [-0.39, 0.29) is 0 Å². The number of thiazole rings is 1. The Hall–Kier alpha value is -2.62. The van der Waals surface area contributed by atoms with Gasteiger partial charge in [0, 0.05) is 10.9 Å². The number of nitriles is 1. The Bertz CT molecular complexity index is 1040. The fourth-order valence-electron chi connectivity index (χ4n) is 2.86. The van der Waals surface area contributed by atoms with Gasteiger partial charge in [0.1, 0.15) is 5.75 Å². The van der Waals surface area contributed by atoms with E-state index in [0.29, 0.717) is 13.0 Å². The average Bonchev–Trinajstić information content (AvgIpc) is 3.34. The highest BCUT2D eigenvalue weighted by Crippen LogP contribution is 2.35. The van der Waals surface area contributed by atoms with Crippen LogP contribution >= 0.6 is 22.7 Å². The number of fused-ring (bicyclic) bond motifs is 1. The van der Waals surface area contributed by atoms with Crippen LogP contribution in [0.3, 0.4) is 0 Å². The molecule has 4 rings (SSSR count). The van der Waals surface area contributed by atoms with Crippen LogP contribution in [0.1, 0.15) is 12.6 Å². The van der Waals surface area contributed by atoms with Crippen LogP contribution in [0.2, 0.25) is 0 Å². The maximum Gasteiger partial charge on any atom is 0.195 e. The zero-order valence-electron chi connectivity index (χ0n) is 13.6. The van der Waals surface area contributed by atoms with Crippen molar-refractivity contribution in [2.45, 2.75) is 13.3 Å². The first-order valence-electron chi connectivity index (χ1n) is 7.94. The van der Waals surface area contributed by atoms with Gasteiger partial charge in [0.2, 0.25) is 0 Å². The second-order valence-electron chi connectivity index (χ2n) is 5.42. The lowest BCUT2D eigenvalue weighted by molar-refractivity contribution is 0.340. The summed E-state index contributed by atoms with van der Waals surface area (Å²) in [5.74, 6) is 0.841. The van der Waals surface area contributed by atoms with Gasteiger partial charge in [-0.25, -0.2) is 4.98 Å². The van der Waals surface area contributed by atoms with Crippen LogP contribution < -0.4 is 4.74 Å². The molecular formula is C19H15N3OS2. The first kappa shape index (κ1) is 15.9. The lowest BCUT2D eigenvalue weighted by Gasteiger charge is -2.05. The Labute approximate surface area is 153 Å². The van der Waals surface area contributed by atoms with E-state index in [2.05, 4.69) is 27.3 Å². The second kappa shape index (κ2) is 6.71.